The average Bonchev–Trinajstić information content (AvgIpc) is 0.720. The van der Waals surface area contributed by atoms with Crippen LogP contribution in [0.3, 0.4) is 0 Å². The van der Waals surface area contributed by atoms with E-state index in [1.807, 2.05) is 24.3 Å². The fourth-order valence-electron chi connectivity index (χ4n) is 11.9. The number of ketones is 1. The van der Waals surface area contributed by atoms with E-state index in [1.165, 1.54) is 25.1 Å². The smallest absolute Gasteiger partial charge is 0.408 e. The van der Waals surface area contributed by atoms with Crippen molar-refractivity contribution >= 4 is 41.7 Å². The average molecular weight is 1160 g/mol. The summed E-state index contributed by atoms with van der Waals surface area (Å²) in [5.74, 6) is -7.41. The normalized spacial score (nSPS) is 28.2. The number of amides is 1. The Morgan fingerprint density at radius 2 is 1.38 bits per heavy atom. The number of ether oxygens (including phenoxy) is 7. The van der Waals surface area contributed by atoms with Crippen molar-refractivity contribution in [3.05, 3.63) is 132 Å². The summed E-state index contributed by atoms with van der Waals surface area (Å²) >= 11 is 0. The molecule has 17 nitrogen and oxygen atoms in total. The zero-order valence-corrected chi connectivity index (χ0v) is 50.9. The first-order valence-electron chi connectivity index (χ1n) is 29.6. The number of aliphatic hydroxyl groups is 2. The van der Waals surface area contributed by atoms with Crippen LogP contribution < -0.4 is 5.32 Å². The van der Waals surface area contributed by atoms with Gasteiger partial charge in [0.25, 0.3) is 0 Å². The number of allylic oxidation sites excluding steroid dienone is 13. The van der Waals surface area contributed by atoms with E-state index in [0.29, 0.717) is 24.8 Å². The van der Waals surface area contributed by atoms with Gasteiger partial charge in [-0.1, -0.05) is 124 Å². The molecule has 458 valence electrons. The molecule has 5 aliphatic rings. The Bertz CT molecular complexity index is 2790. The third kappa shape index (κ3) is 16.0. The van der Waals surface area contributed by atoms with Crippen molar-refractivity contribution in [1.29, 1.82) is 0 Å². The van der Waals surface area contributed by atoms with E-state index in [9.17, 15) is 34.2 Å². The van der Waals surface area contributed by atoms with Gasteiger partial charge in [-0.25, -0.2) is 14.4 Å². The van der Waals surface area contributed by atoms with E-state index >= 15 is 9.59 Å². The maximum Gasteiger partial charge on any atom is 0.408 e. The van der Waals surface area contributed by atoms with Crippen LogP contribution in [0.4, 0.5) is 4.79 Å². The summed E-state index contributed by atoms with van der Waals surface area (Å²) < 4.78 is 43.0. The number of benzene rings is 1. The highest BCUT2D eigenvalue weighted by atomic mass is 16.6. The molecule has 3 saturated carbocycles. The van der Waals surface area contributed by atoms with Crippen molar-refractivity contribution in [3.63, 3.8) is 0 Å². The number of carbonyl (C=O) groups excluding carboxylic acids is 7. The number of nitrogens with one attached hydrogen (secondary N) is 1. The number of alkyl carbamates (subject to hydrolysis) is 1. The van der Waals surface area contributed by atoms with E-state index in [4.69, 9.17) is 33.2 Å². The molecule has 1 aromatic carbocycles. The van der Waals surface area contributed by atoms with E-state index in [1.54, 1.807) is 73.6 Å². The van der Waals surface area contributed by atoms with Gasteiger partial charge in [0.1, 0.15) is 29.5 Å². The molecule has 1 aromatic rings. The van der Waals surface area contributed by atoms with Crippen LogP contribution in [0.25, 0.3) is 0 Å². The van der Waals surface area contributed by atoms with Crippen molar-refractivity contribution in [2.75, 3.05) is 6.61 Å². The second-order valence-electron chi connectivity index (χ2n) is 24.6. The van der Waals surface area contributed by atoms with Gasteiger partial charge in [-0.3, -0.25) is 19.2 Å². The van der Waals surface area contributed by atoms with Crippen LogP contribution in [0.5, 0.6) is 0 Å². The van der Waals surface area contributed by atoms with Gasteiger partial charge < -0.3 is 48.7 Å². The largest absolute Gasteiger partial charge is 0.455 e. The third-order valence-electron chi connectivity index (χ3n) is 16.4. The Morgan fingerprint density at radius 3 is 1.89 bits per heavy atom. The zero-order valence-electron chi connectivity index (χ0n) is 50.9. The molecule has 1 saturated heterocycles. The summed E-state index contributed by atoms with van der Waals surface area (Å²) in [7, 11) is 0. The lowest BCUT2D eigenvalue weighted by molar-refractivity contribution is -0.346. The molecule has 0 radical (unpaired) electrons. The Hall–Kier alpha value is -6.69. The highest BCUT2D eigenvalue weighted by molar-refractivity contribution is 5.96. The minimum Gasteiger partial charge on any atom is -0.455 e. The Kier molecular flexibility index (Phi) is 22.9. The SMILES string of the molecule is CC/C=C\C/C=C\C/C=C\C/C=C\C/C=C\C/C=C\CCC(=O)OC(C(=O)O[C@H]1C[C@@]2(O)C(OC(=O)c3ccccc3)C3[C@](C)(C(=O)[C@H](OC(=O)C4CC4)C(=C1C)C2(C)C)[C@@H](O)C[C@H]1OC[C@@]31OC(C)=O)[C@H](C=C(C)C)NC(=O)OC(C)(C)C. The van der Waals surface area contributed by atoms with Gasteiger partial charge >= 0.3 is 35.9 Å². The number of esters is 5. The second kappa shape index (κ2) is 28.9. The van der Waals surface area contributed by atoms with E-state index < -0.39 is 130 Å². The molecule has 4 aliphatic carbocycles. The topological polar surface area (TPSA) is 237 Å². The molecule has 84 heavy (non-hydrogen) atoms. The lowest BCUT2D eigenvalue weighted by Gasteiger charge is -2.67. The molecule has 2 bridgehead atoms. The van der Waals surface area contributed by atoms with Gasteiger partial charge in [0.15, 0.2) is 17.5 Å². The summed E-state index contributed by atoms with van der Waals surface area (Å²) in [5, 5.41) is 29.1. The first-order chi connectivity index (χ1) is 39.7. The fourth-order valence-corrected chi connectivity index (χ4v) is 11.9. The molecular weight excluding hydrogens is 1070 g/mol. The molecule has 0 aromatic heterocycles. The first kappa shape index (κ1) is 66.4. The molecule has 1 heterocycles. The molecular formula is C67H89NO16. The summed E-state index contributed by atoms with van der Waals surface area (Å²) in [6.07, 6.45) is 21.1. The molecule has 17 heteroatoms. The molecule has 3 N–H and O–H groups in total. The van der Waals surface area contributed by atoms with Crippen LogP contribution in [0.15, 0.2) is 126 Å². The fraction of sp³-hybridized carbons (Fsp3) is 0.567. The Balaban J connectivity index is 1.33. The number of aliphatic hydroxyl groups excluding tert-OH is 1. The van der Waals surface area contributed by atoms with Crippen molar-refractivity contribution in [2.24, 2.45) is 22.7 Å². The highest BCUT2D eigenvalue weighted by Crippen LogP contribution is 2.64. The number of hydrogen-bond acceptors (Lipinski definition) is 16. The number of carbonyl (C=O) groups is 7. The van der Waals surface area contributed by atoms with Crippen molar-refractivity contribution in [3.8, 4) is 0 Å². The van der Waals surface area contributed by atoms with Crippen LogP contribution in [-0.4, -0.2) is 118 Å². The van der Waals surface area contributed by atoms with Crippen LogP contribution in [-0.2, 0) is 57.1 Å². The number of fused-ring (bicyclic) bond motifs is 5. The monoisotopic (exact) mass is 1160 g/mol. The van der Waals surface area contributed by atoms with Gasteiger partial charge in [0.2, 0.25) is 6.10 Å². The molecule has 1 aliphatic heterocycles. The second-order valence-corrected chi connectivity index (χ2v) is 24.6. The van der Waals surface area contributed by atoms with Crippen molar-refractivity contribution in [2.45, 2.75) is 213 Å². The highest BCUT2D eigenvalue weighted by Gasteiger charge is 2.78. The van der Waals surface area contributed by atoms with Crippen LogP contribution >= 0.6 is 0 Å². The number of rotatable bonds is 25. The maximum absolute atomic E-state index is 16.0. The summed E-state index contributed by atoms with van der Waals surface area (Å²) in [6.45, 7) is 17.5. The number of Topliss-reactive ketones (excluding diaryl/α,β-unsaturated/α-hetero) is 1. The van der Waals surface area contributed by atoms with Crippen molar-refractivity contribution < 1.29 is 76.9 Å². The van der Waals surface area contributed by atoms with E-state index in [2.05, 4.69) is 60.8 Å². The molecule has 1 amide bonds. The minimum absolute atomic E-state index is 0.00634. The van der Waals surface area contributed by atoms with Gasteiger partial charge in [-0.05, 0) is 130 Å². The quantitative estimate of drug-likeness (QED) is 0.0469. The molecule has 6 rings (SSSR count). The van der Waals surface area contributed by atoms with Gasteiger partial charge in [-0.15, -0.1) is 0 Å². The summed E-state index contributed by atoms with van der Waals surface area (Å²) in [4.78, 5) is 101. The minimum atomic E-state index is -2.45. The summed E-state index contributed by atoms with van der Waals surface area (Å²) in [5.41, 5.74) is -8.19. The Labute approximate surface area is 495 Å². The first-order valence-corrected chi connectivity index (χ1v) is 29.6. The molecule has 11 atom stereocenters. The maximum atomic E-state index is 16.0. The third-order valence-corrected chi connectivity index (χ3v) is 16.4. The number of hydrogen-bond donors (Lipinski definition) is 3. The molecule has 4 fully saturated rings. The summed E-state index contributed by atoms with van der Waals surface area (Å²) in [6, 6.07) is 6.50. The van der Waals surface area contributed by atoms with Gasteiger partial charge in [0, 0.05) is 31.6 Å². The van der Waals surface area contributed by atoms with Gasteiger partial charge in [-0.2, -0.15) is 0 Å². The Morgan fingerprint density at radius 1 is 0.810 bits per heavy atom. The van der Waals surface area contributed by atoms with Gasteiger partial charge in [0.05, 0.1) is 41.6 Å². The van der Waals surface area contributed by atoms with Crippen LogP contribution in [0.2, 0.25) is 0 Å². The zero-order chi connectivity index (χ0) is 61.6. The van der Waals surface area contributed by atoms with E-state index in [-0.39, 0.29) is 42.6 Å². The predicted molar refractivity (Wildman–Crippen MR) is 316 cm³/mol. The van der Waals surface area contributed by atoms with E-state index in [0.717, 1.165) is 39.0 Å². The van der Waals surface area contributed by atoms with Crippen LogP contribution in [0, 0.1) is 22.7 Å². The molecule has 0 spiro atoms. The van der Waals surface area contributed by atoms with Crippen LogP contribution in [0.1, 0.15) is 164 Å². The van der Waals surface area contributed by atoms with Crippen molar-refractivity contribution in [1.82, 2.24) is 5.32 Å². The predicted octanol–water partition coefficient (Wildman–Crippen LogP) is 10.8. The molecule has 3 unspecified atom stereocenters. The lowest BCUT2D eigenvalue weighted by Crippen LogP contribution is -2.82. The lowest BCUT2D eigenvalue weighted by atomic mass is 9.44. The standard InChI is InChI=1S/C67H89NO16/c1-12-13-14-15-16-17-18-19-20-21-22-23-24-25-26-27-28-29-33-36-52(71)80-54(48(39-43(2)3)68-62(76)84-63(6,7)8)61(75)79-49-41-67(77)58(82-60(74)46-34-31-30-32-35-46)56-65(11,50(70)40-51-66(56,42-78-51)83-45(5)69)57(72)55(81-59(73)47-37-38-47)53(44(49)4)64(67,9)10/h13-14,16-17,19-20,22-23,25-26,28-32,34-35,39,47-51,54-56,58,70,77H,12,15,18,21,24,27,33,36-38,40-42H2,1-11H3,(H,68,76)/b14-13-,17-16-,20-19-,23-22-,26-25-,29-28-/t48-,49-,50-,51+,54?,55+,56?,58?,65+,66-,67+/m0/s1.